The first-order valence-electron chi connectivity index (χ1n) is 11.9. The molecule has 170 valence electrons. The summed E-state index contributed by atoms with van der Waals surface area (Å²) in [5.41, 5.74) is 3.13. The summed E-state index contributed by atoms with van der Waals surface area (Å²) in [6, 6.07) is 14.1. The lowest BCUT2D eigenvalue weighted by Gasteiger charge is -2.44. The number of rotatable bonds is 6. The zero-order valence-corrected chi connectivity index (χ0v) is 18.6. The van der Waals surface area contributed by atoms with Crippen LogP contribution in [-0.2, 0) is 25.6 Å². The summed E-state index contributed by atoms with van der Waals surface area (Å²) in [6.07, 6.45) is 8.17. The van der Waals surface area contributed by atoms with E-state index in [1.807, 2.05) is 42.5 Å². The zero-order valence-electron chi connectivity index (χ0n) is 18.6. The molecule has 2 aromatic carbocycles. The van der Waals surface area contributed by atoms with E-state index in [1.165, 1.54) is 25.7 Å². The predicted octanol–water partition coefficient (Wildman–Crippen LogP) is 4.31. The topological polar surface area (TPSA) is 75.7 Å². The maximum atomic E-state index is 12.7. The Bertz CT molecular complexity index is 966. The molecule has 4 rings (SSSR count). The summed E-state index contributed by atoms with van der Waals surface area (Å²) in [5, 5.41) is 2.07. The van der Waals surface area contributed by atoms with E-state index in [1.54, 1.807) is 0 Å². The maximum Gasteiger partial charge on any atom is 0.332 e. The molecule has 1 saturated heterocycles. The molecular formula is C26H32N2O4. The third-order valence-electron chi connectivity index (χ3n) is 6.84. The second-order valence-electron chi connectivity index (χ2n) is 9.01. The van der Waals surface area contributed by atoms with Crippen LogP contribution in [0.15, 0.2) is 42.5 Å². The van der Waals surface area contributed by atoms with Gasteiger partial charge in [-0.2, -0.15) is 5.48 Å². The minimum atomic E-state index is -0.516. The fraction of sp³-hybridized carbons (Fsp3) is 0.500. The van der Waals surface area contributed by atoms with Crippen molar-refractivity contribution in [2.75, 3.05) is 6.54 Å². The van der Waals surface area contributed by atoms with Gasteiger partial charge in [-0.05, 0) is 54.4 Å². The summed E-state index contributed by atoms with van der Waals surface area (Å²) in [6.45, 7) is 0.842. The number of carbonyl (C=O) groups excluding carboxylic acids is 3. The molecule has 0 bridgehead atoms. The summed E-state index contributed by atoms with van der Waals surface area (Å²) in [5.74, 6) is -0.0848. The maximum absolute atomic E-state index is 12.7. The Kier molecular flexibility index (Phi) is 7.40. The molecule has 0 spiro atoms. The zero-order chi connectivity index (χ0) is 22.3. The molecule has 1 N–H and O–H groups in total. The Morgan fingerprint density at radius 1 is 0.938 bits per heavy atom. The largest absolute Gasteiger partial charge is 0.341 e. The van der Waals surface area contributed by atoms with Crippen LogP contribution in [0.2, 0.25) is 0 Å². The smallest absolute Gasteiger partial charge is 0.332 e. The van der Waals surface area contributed by atoms with E-state index >= 15 is 0 Å². The minimum absolute atomic E-state index is 0.113. The van der Waals surface area contributed by atoms with Crippen molar-refractivity contribution in [3.63, 3.8) is 0 Å². The molecule has 0 radical (unpaired) electrons. The average Bonchev–Trinajstić information content (AvgIpc) is 2.82. The highest BCUT2D eigenvalue weighted by molar-refractivity contribution is 5.90. The van der Waals surface area contributed by atoms with Gasteiger partial charge >= 0.3 is 5.97 Å². The van der Waals surface area contributed by atoms with Gasteiger partial charge in [-0.3, -0.25) is 9.59 Å². The number of hydrogen-bond donors (Lipinski definition) is 1. The molecule has 2 fully saturated rings. The number of piperidine rings is 1. The van der Waals surface area contributed by atoms with Crippen LogP contribution in [0.4, 0.5) is 0 Å². The molecule has 1 saturated carbocycles. The Morgan fingerprint density at radius 3 is 2.62 bits per heavy atom. The van der Waals surface area contributed by atoms with Crippen LogP contribution < -0.4 is 5.48 Å². The van der Waals surface area contributed by atoms with Crippen molar-refractivity contribution >= 4 is 28.6 Å². The fourth-order valence-corrected chi connectivity index (χ4v) is 5.28. The molecule has 1 heterocycles. The van der Waals surface area contributed by atoms with Gasteiger partial charge in [0, 0.05) is 25.4 Å². The second-order valence-corrected chi connectivity index (χ2v) is 9.01. The number of carbonyl (C=O) groups is 3. The molecule has 2 unspecified atom stereocenters. The van der Waals surface area contributed by atoms with E-state index in [-0.39, 0.29) is 24.7 Å². The quantitative estimate of drug-likeness (QED) is 0.685. The third kappa shape index (κ3) is 5.47. The van der Waals surface area contributed by atoms with Crippen molar-refractivity contribution < 1.29 is 19.2 Å². The first-order valence-corrected chi connectivity index (χ1v) is 11.9. The van der Waals surface area contributed by atoms with E-state index in [4.69, 9.17) is 4.84 Å². The molecule has 0 aromatic heterocycles. The van der Waals surface area contributed by atoms with Gasteiger partial charge in [-0.15, -0.1) is 0 Å². The minimum Gasteiger partial charge on any atom is -0.341 e. The SMILES string of the molecule is O=C(Cc1cccc2ccccc12)NOC(=O)CCCC(=O)N1CCCC2CCCCC21. The molecule has 2 aromatic rings. The van der Waals surface area contributed by atoms with Gasteiger partial charge in [0.1, 0.15) is 0 Å². The van der Waals surface area contributed by atoms with E-state index < -0.39 is 5.97 Å². The van der Waals surface area contributed by atoms with Crippen LogP contribution in [0.1, 0.15) is 63.4 Å². The molecule has 6 nitrogen and oxygen atoms in total. The van der Waals surface area contributed by atoms with Crippen molar-refractivity contribution in [3.05, 3.63) is 48.0 Å². The van der Waals surface area contributed by atoms with Crippen molar-refractivity contribution in [2.24, 2.45) is 5.92 Å². The van der Waals surface area contributed by atoms with Crippen LogP contribution in [0.25, 0.3) is 10.8 Å². The Labute approximate surface area is 189 Å². The second kappa shape index (κ2) is 10.6. The number of hydroxylamine groups is 1. The van der Waals surface area contributed by atoms with Crippen molar-refractivity contribution in [3.8, 4) is 0 Å². The van der Waals surface area contributed by atoms with Gasteiger partial charge in [0.25, 0.3) is 5.91 Å². The summed E-state index contributed by atoms with van der Waals surface area (Å²) in [7, 11) is 0. The van der Waals surface area contributed by atoms with Crippen LogP contribution in [0, 0.1) is 5.92 Å². The summed E-state index contributed by atoms with van der Waals surface area (Å²) in [4.78, 5) is 44.0. The van der Waals surface area contributed by atoms with Gasteiger partial charge < -0.3 is 9.74 Å². The molecule has 2 aliphatic rings. The van der Waals surface area contributed by atoms with E-state index in [0.717, 1.165) is 35.7 Å². The van der Waals surface area contributed by atoms with E-state index in [0.29, 0.717) is 24.8 Å². The first-order chi connectivity index (χ1) is 15.6. The molecule has 2 atom stereocenters. The van der Waals surface area contributed by atoms with Gasteiger partial charge in [-0.1, -0.05) is 55.3 Å². The number of fused-ring (bicyclic) bond motifs is 2. The Hall–Kier alpha value is -2.89. The lowest BCUT2D eigenvalue weighted by atomic mass is 9.78. The van der Waals surface area contributed by atoms with Gasteiger partial charge in [0.15, 0.2) is 0 Å². The molecule has 2 amide bonds. The number of amides is 2. The van der Waals surface area contributed by atoms with Crippen LogP contribution in [0.5, 0.6) is 0 Å². The van der Waals surface area contributed by atoms with Gasteiger partial charge in [-0.25, -0.2) is 4.79 Å². The van der Waals surface area contributed by atoms with Crippen molar-refractivity contribution in [1.29, 1.82) is 0 Å². The van der Waals surface area contributed by atoms with Crippen molar-refractivity contribution in [2.45, 2.75) is 70.3 Å². The number of hydrogen-bond acceptors (Lipinski definition) is 4. The highest BCUT2D eigenvalue weighted by Crippen LogP contribution is 2.35. The normalized spacial score (nSPS) is 20.4. The number of likely N-dealkylation sites (tertiary alicyclic amines) is 1. The van der Waals surface area contributed by atoms with Crippen molar-refractivity contribution in [1.82, 2.24) is 10.4 Å². The van der Waals surface area contributed by atoms with Crippen LogP contribution >= 0.6 is 0 Å². The molecular weight excluding hydrogens is 404 g/mol. The predicted molar refractivity (Wildman–Crippen MR) is 122 cm³/mol. The molecule has 6 heteroatoms. The van der Waals surface area contributed by atoms with E-state index in [2.05, 4.69) is 10.4 Å². The van der Waals surface area contributed by atoms with Gasteiger partial charge in [0.05, 0.1) is 6.42 Å². The Morgan fingerprint density at radius 2 is 1.72 bits per heavy atom. The molecule has 1 aliphatic carbocycles. The highest BCUT2D eigenvalue weighted by Gasteiger charge is 2.35. The summed E-state index contributed by atoms with van der Waals surface area (Å²) >= 11 is 0. The molecule has 1 aliphatic heterocycles. The lowest BCUT2D eigenvalue weighted by Crippen LogP contribution is -2.49. The van der Waals surface area contributed by atoms with Crippen LogP contribution in [-0.4, -0.2) is 35.3 Å². The molecule has 32 heavy (non-hydrogen) atoms. The van der Waals surface area contributed by atoms with E-state index in [9.17, 15) is 14.4 Å². The fourth-order valence-electron chi connectivity index (χ4n) is 5.28. The average molecular weight is 437 g/mol. The standard InChI is InChI=1S/C26H32N2O4/c29-24(18-21-11-5-10-19-8-1-3-13-22(19)21)27-32-26(31)16-6-15-25(30)28-17-7-12-20-9-2-4-14-23(20)28/h1,3,5,8,10-11,13,20,23H,2,4,6-7,9,12,14-18H2,(H,27,29). The van der Waals surface area contributed by atoms with Gasteiger partial charge in [0.2, 0.25) is 5.91 Å². The van der Waals surface area contributed by atoms with Crippen LogP contribution in [0.3, 0.4) is 0 Å². The number of nitrogens with zero attached hydrogens (tertiary/aromatic N) is 1. The highest BCUT2D eigenvalue weighted by atomic mass is 16.7. The monoisotopic (exact) mass is 436 g/mol. The first kappa shape index (κ1) is 22.3. The lowest BCUT2D eigenvalue weighted by molar-refractivity contribution is -0.158. The number of benzene rings is 2. The summed E-state index contributed by atoms with van der Waals surface area (Å²) < 4.78 is 0. The number of nitrogens with one attached hydrogen (secondary N) is 1. The Balaban J connectivity index is 1.18. The third-order valence-corrected chi connectivity index (χ3v) is 6.84.